The third-order valence-corrected chi connectivity index (χ3v) is 4.57. The first-order valence-corrected chi connectivity index (χ1v) is 7.64. The van der Waals surface area contributed by atoms with Gasteiger partial charge in [-0.25, -0.2) is 0 Å². The van der Waals surface area contributed by atoms with E-state index in [1.807, 2.05) is 0 Å². The van der Waals surface area contributed by atoms with Crippen LogP contribution < -0.4 is 5.32 Å². The number of benzene rings is 3. The van der Waals surface area contributed by atoms with E-state index >= 15 is 0 Å². The van der Waals surface area contributed by atoms with Gasteiger partial charge >= 0.3 is 0 Å². The van der Waals surface area contributed by atoms with Crippen LogP contribution in [0.3, 0.4) is 0 Å². The van der Waals surface area contributed by atoms with Crippen molar-refractivity contribution in [2.75, 3.05) is 6.54 Å². The first-order chi connectivity index (χ1) is 10.3. The maximum Gasteiger partial charge on any atom is 0.0579 e. The summed E-state index contributed by atoms with van der Waals surface area (Å²) in [5, 5.41) is 6.46. The van der Waals surface area contributed by atoms with Gasteiger partial charge in [0.2, 0.25) is 0 Å². The van der Waals surface area contributed by atoms with E-state index in [1.54, 1.807) is 0 Å². The van der Waals surface area contributed by atoms with Gasteiger partial charge in [0.25, 0.3) is 0 Å². The Labute approximate surface area is 125 Å². The molecule has 0 spiro atoms. The monoisotopic (exact) mass is 273 g/mol. The molecule has 21 heavy (non-hydrogen) atoms. The van der Waals surface area contributed by atoms with Crippen molar-refractivity contribution >= 4 is 10.8 Å². The number of hydrogen-bond donors (Lipinski definition) is 1. The maximum atomic E-state index is 3.71. The summed E-state index contributed by atoms with van der Waals surface area (Å²) in [7, 11) is 0. The average molecular weight is 273 g/mol. The van der Waals surface area contributed by atoms with Crippen molar-refractivity contribution < 1.29 is 0 Å². The van der Waals surface area contributed by atoms with Crippen molar-refractivity contribution in [1.29, 1.82) is 0 Å². The van der Waals surface area contributed by atoms with Crippen molar-refractivity contribution in [2.45, 2.75) is 18.9 Å². The molecule has 1 heterocycles. The maximum absolute atomic E-state index is 3.71. The minimum absolute atomic E-state index is 0.307. The lowest BCUT2D eigenvalue weighted by Crippen LogP contribution is -2.32. The normalized spacial score (nSPS) is 21.2. The third-order valence-electron chi connectivity index (χ3n) is 4.57. The van der Waals surface area contributed by atoms with Crippen LogP contribution in [0.15, 0.2) is 66.7 Å². The quantitative estimate of drug-likeness (QED) is 0.681. The van der Waals surface area contributed by atoms with E-state index < -0.39 is 0 Å². The Morgan fingerprint density at radius 3 is 2.48 bits per heavy atom. The Kier molecular flexibility index (Phi) is 3.01. The summed E-state index contributed by atoms with van der Waals surface area (Å²) >= 11 is 0. The van der Waals surface area contributed by atoms with Gasteiger partial charge in [-0.05, 0) is 33.4 Å². The largest absolute Gasteiger partial charge is 0.306 e. The Bertz CT molecular complexity index is 776. The van der Waals surface area contributed by atoms with Crippen LogP contribution in [0.25, 0.3) is 10.8 Å². The molecule has 1 N–H and O–H groups in total. The topological polar surface area (TPSA) is 12.0 Å². The summed E-state index contributed by atoms with van der Waals surface area (Å²) in [6.45, 7) is 3.35. The van der Waals surface area contributed by atoms with Gasteiger partial charge in [-0.1, -0.05) is 73.7 Å². The molecule has 0 saturated heterocycles. The molecule has 1 aliphatic rings. The Morgan fingerprint density at radius 2 is 1.62 bits per heavy atom. The highest BCUT2D eigenvalue weighted by Crippen LogP contribution is 2.38. The first-order valence-electron chi connectivity index (χ1n) is 7.64. The molecule has 3 aromatic carbocycles. The van der Waals surface area contributed by atoms with Gasteiger partial charge < -0.3 is 5.32 Å². The van der Waals surface area contributed by atoms with E-state index in [0.29, 0.717) is 12.0 Å². The van der Waals surface area contributed by atoms with Crippen LogP contribution >= 0.6 is 0 Å². The number of nitrogens with one attached hydrogen (secondary N) is 1. The molecule has 0 saturated carbocycles. The Balaban J connectivity index is 1.95. The zero-order valence-electron chi connectivity index (χ0n) is 12.2. The van der Waals surface area contributed by atoms with Crippen molar-refractivity contribution in [2.24, 2.45) is 0 Å². The van der Waals surface area contributed by atoms with E-state index in [9.17, 15) is 0 Å². The summed E-state index contributed by atoms with van der Waals surface area (Å²) < 4.78 is 0. The summed E-state index contributed by atoms with van der Waals surface area (Å²) in [5.41, 5.74) is 4.29. The summed E-state index contributed by atoms with van der Waals surface area (Å²) in [6, 6.07) is 24.4. The molecule has 3 aromatic rings. The van der Waals surface area contributed by atoms with E-state index in [-0.39, 0.29) is 0 Å². The smallest absolute Gasteiger partial charge is 0.0579 e. The molecular formula is C20H19N. The third kappa shape index (κ3) is 2.05. The van der Waals surface area contributed by atoms with Crippen LogP contribution in [0.5, 0.6) is 0 Å². The van der Waals surface area contributed by atoms with Crippen LogP contribution in [0, 0.1) is 0 Å². The standard InChI is InChI=1S/C20H19N/c1-14-13-21-20(16-8-3-2-4-9-16)18-12-11-15-7-5-6-10-17(15)19(14)18/h2-12,14,20-21H,13H2,1H3/t14-,20-/m0/s1. The summed E-state index contributed by atoms with van der Waals surface area (Å²) in [4.78, 5) is 0. The molecule has 0 unspecified atom stereocenters. The molecule has 4 rings (SSSR count). The van der Waals surface area contributed by atoms with Gasteiger partial charge in [0.05, 0.1) is 6.04 Å². The molecule has 0 aromatic heterocycles. The second-order valence-corrected chi connectivity index (χ2v) is 5.94. The molecular weight excluding hydrogens is 254 g/mol. The lowest BCUT2D eigenvalue weighted by atomic mass is 9.82. The number of rotatable bonds is 1. The SMILES string of the molecule is C[C@H]1CN[C@@H](c2ccccc2)c2ccc3ccccc3c21. The van der Waals surface area contributed by atoms with E-state index in [1.165, 1.54) is 27.5 Å². The average Bonchev–Trinajstić information content (AvgIpc) is 2.55. The van der Waals surface area contributed by atoms with Crippen LogP contribution in [-0.4, -0.2) is 6.54 Å². The molecule has 0 bridgehead atoms. The lowest BCUT2D eigenvalue weighted by molar-refractivity contribution is 0.519. The molecule has 1 aliphatic heterocycles. The highest BCUT2D eigenvalue weighted by Gasteiger charge is 2.26. The molecule has 0 aliphatic carbocycles. The predicted octanol–water partition coefficient (Wildman–Crippen LogP) is 4.64. The highest BCUT2D eigenvalue weighted by atomic mass is 14.9. The number of hydrogen-bond acceptors (Lipinski definition) is 1. The van der Waals surface area contributed by atoms with Crippen LogP contribution in [-0.2, 0) is 0 Å². The van der Waals surface area contributed by atoms with Gasteiger partial charge in [-0.2, -0.15) is 0 Å². The molecule has 0 amide bonds. The lowest BCUT2D eigenvalue weighted by Gasteiger charge is -2.32. The molecule has 1 heteroatoms. The second-order valence-electron chi connectivity index (χ2n) is 5.94. The molecule has 104 valence electrons. The fraction of sp³-hybridized carbons (Fsp3) is 0.200. The zero-order chi connectivity index (χ0) is 14.2. The number of fused-ring (bicyclic) bond motifs is 3. The van der Waals surface area contributed by atoms with Gasteiger partial charge in [0.15, 0.2) is 0 Å². The summed E-state index contributed by atoms with van der Waals surface area (Å²) in [5.74, 6) is 0.547. The zero-order valence-corrected chi connectivity index (χ0v) is 12.2. The van der Waals surface area contributed by atoms with Gasteiger partial charge in [-0.3, -0.25) is 0 Å². The van der Waals surface area contributed by atoms with Crippen molar-refractivity contribution in [3.8, 4) is 0 Å². The molecule has 0 fully saturated rings. The van der Waals surface area contributed by atoms with Crippen molar-refractivity contribution in [1.82, 2.24) is 5.32 Å². The van der Waals surface area contributed by atoms with Crippen molar-refractivity contribution in [3.05, 3.63) is 83.4 Å². The minimum atomic E-state index is 0.307. The van der Waals surface area contributed by atoms with E-state index in [0.717, 1.165) is 6.54 Å². The Morgan fingerprint density at radius 1 is 0.857 bits per heavy atom. The molecule has 1 nitrogen and oxygen atoms in total. The first kappa shape index (κ1) is 12.6. The van der Waals surface area contributed by atoms with Crippen molar-refractivity contribution in [3.63, 3.8) is 0 Å². The predicted molar refractivity (Wildman–Crippen MR) is 88.7 cm³/mol. The van der Waals surface area contributed by atoms with Gasteiger partial charge in [0.1, 0.15) is 0 Å². The van der Waals surface area contributed by atoms with Gasteiger partial charge in [0, 0.05) is 6.54 Å². The van der Waals surface area contributed by atoms with Gasteiger partial charge in [-0.15, -0.1) is 0 Å². The summed E-state index contributed by atoms with van der Waals surface area (Å²) in [6.07, 6.45) is 0. The fourth-order valence-corrected chi connectivity index (χ4v) is 3.56. The fourth-order valence-electron chi connectivity index (χ4n) is 3.56. The Hall–Kier alpha value is -2.12. The second kappa shape index (κ2) is 5.01. The van der Waals surface area contributed by atoms with E-state index in [4.69, 9.17) is 0 Å². The van der Waals surface area contributed by atoms with E-state index in [2.05, 4.69) is 79.0 Å². The van der Waals surface area contributed by atoms with Crippen LogP contribution in [0.4, 0.5) is 0 Å². The van der Waals surface area contributed by atoms with Crippen LogP contribution in [0.1, 0.15) is 35.6 Å². The minimum Gasteiger partial charge on any atom is -0.306 e. The molecule has 2 atom stereocenters. The molecule has 0 radical (unpaired) electrons. The van der Waals surface area contributed by atoms with Crippen LogP contribution in [0.2, 0.25) is 0 Å². The highest BCUT2D eigenvalue weighted by molar-refractivity contribution is 5.87.